The molecule has 2 nitrogen and oxygen atoms in total. The Hall–Kier alpha value is -0.673. The van der Waals surface area contributed by atoms with E-state index in [-0.39, 0.29) is 0 Å². The van der Waals surface area contributed by atoms with Gasteiger partial charge in [0.15, 0.2) is 8.32 Å². The highest BCUT2D eigenvalue weighted by Gasteiger charge is 2.12. The van der Waals surface area contributed by atoms with Crippen molar-refractivity contribution in [3.8, 4) is 0 Å². The summed E-state index contributed by atoms with van der Waals surface area (Å²) in [6.07, 6.45) is 5.88. The van der Waals surface area contributed by atoms with Crippen LogP contribution in [0.3, 0.4) is 0 Å². The Balaban J connectivity index is 2.17. The molecule has 0 amide bonds. The Kier molecular flexibility index (Phi) is 4.29. The topological polar surface area (TPSA) is 22.1 Å². The number of pyridine rings is 1. The lowest BCUT2D eigenvalue weighted by molar-refractivity contribution is 0.305. The third kappa shape index (κ3) is 5.14. The predicted molar refractivity (Wildman–Crippen MR) is 61.9 cm³/mol. The third-order valence-corrected chi connectivity index (χ3v) is 2.96. The van der Waals surface area contributed by atoms with Crippen molar-refractivity contribution in [2.45, 2.75) is 32.5 Å². The molecule has 0 atom stereocenters. The molecule has 0 aromatic carbocycles. The van der Waals surface area contributed by atoms with Crippen LogP contribution in [0.5, 0.6) is 0 Å². The minimum atomic E-state index is -1.31. The van der Waals surface area contributed by atoms with Crippen LogP contribution in [0.1, 0.15) is 12.0 Å². The van der Waals surface area contributed by atoms with Gasteiger partial charge in [-0.2, -0.15) is 0 Å². The summed E-state index contributed by atoms with van der Waals surface area (Å²) in [5.41, 5.74) is 1.35. The summed E-state index contributed by atoms with van der Waals surface area (Å²) in [4.78, 5) is 3.99. The van der Waals surface area contributed by atoms with E-state index in [1.54, 1.807) is 0 Å². The molecule has 0 fully saturated rings. The zero-order valence-corrected chi connectivity index (χ0v) is 10.3. The van der Waals surface area contributed by atoms with Crippen molar-refractivity contribution in [1.29, 1.82) is 0 Å². The fourth-order valence-electron chi connectivity index (χ4n) is 1.20. The molecule has 0 spiro atoms. The maximum Gasteiger partial charge on any atom is 0.183 e. The van der Waals surface area contributed by atoms with E-state index in [1.807, 2.05) is 12.4 Å². The number of aryl methyl sites for hydroxylation is 1. The molecule has 0 radical (unpaired) electrons. The van der Waals surface area contributed by atoms with Crippen molar-refractivity contribution in [2.75, 3.05) is 6.61 Å². The minimum Gasteiger partial charge on any atom is -0.418 e. The maximum atomic E-state index is 5.77. The minimum absolute atomic E-state index is 0.887. The van der Waals surface area contributed by atoms with Gasteiger partial charge in [-0.05, 0) is 50.2 Å². The van der Waals surface area contributed by atoms with Crippen molar-refractivity contribution >= 4 is 8.32 Å². The Bertz CT molecular complexity index is 256. The molecular weight excluding hydrogens is 190 g/mol. The fourth-order valence-corrected chi connectivity index (χ4v) is 1.96. The molecule has 1 rings (SSSR count). The molecule has 0 saturated carbocycles. The lowest BCUT2D eigenvalue weighted by Gasteiger charge is -2.16. The van der Waals surface area contributed by atoms with Gasteiger partial charge in [0.05, 0.1) is 0 Å². The molecule has 0 bridgehead atoms. The number of hydrogen-bond acceptors (Lipinski definition) is 2. The van der Waals surface area contributed by atoms with Crippen LogP contribution in [0.4, 0.5) is 0 Å². The Morgan fingerprint density at radius 3 is 2.43 bits per heavy atom. The molecule has 0 saturated heterocycles. The van der Waals surface area contributed by atoms with Gasteiger partial charge in [0.25, 0.3) is 0 Å². The molecule has 1 heterocycles. The Morgan fingerprint density at radius 1 is 1.21 bits per heavy atom. The summed E-state index contributed by atoms with van der Waals surface area (Å²) >= 11 is 0. The first-order chi connectivity index (χ1) is 6.58. The van der Waals surface area contributed by atoms with E-state index >= 15 is 0 Å². The van der Waals surface area contributed by atoms with Crippen LogP contribution in [-0.4, -0.2) is 19.9 Å². The van der Waals surface area contributed by atoms with Gasteiger partial charge in [-0.25, -0.2) is 0 Å². The molecule has 1 aromatic heterocycles. The number of hydrogen-bond donors (Lipinski definition) is 0. The average Bonchev–Trinajstić information content (AvgIpc) is 2.13. The summed E-state index contributed by atoms with van der Waals surface area (Å²) in [6, 6.07) is 4.13. The molecule has 1 aromatic rings. The standard InChI is InChI=1S/C11H19NOSi/c1-14(2,3)13-10-4-5-11-6-8-12-9-7-11/h6-9H,4-5,10H2,1-3H3. The molecule has 78 valence electrons. The van der Waals surface area contributed by atoms with E-state index in [4.69, 9.17) is 4.43 Å². The van der Waals surface area contributed by atoms with Gasteiger partial charge in [-0.3, -0.25) is 4.98 Å². The lowest BCUT2D eigenvalue weighted by Crippen LogP contribution is -2.25. The van der Waals surface area contributed by atoms with E-state index in [9.17, 15) is 0 Å². The molecule has 14 heavy (non-hydrogen) atoms. The monoisotopic (exact) mass is 209 g/mol. The molecule has 0 aliphatic heterocycles. The summed E-state index contributed by atoms with van der Waals surface area (Å²) in [5, 5.41) is 0. The second-order valence-corrected chi connectivity index (χ2v) is 8.93. The fraction of sp³-hybridized carbons (Fsp3) is 0.545. The first-order valence-electron chi connectivity index (χ1n) is 5.11. The first-order valence-corrected chi connectivity index (χ1v) is 8.52. The van der Waals surface area contributed by atoms with E-state index in [0.29, 0.717) is 0 Å². The van der Waals surface area contributed by atoms with Gasteiger partial charge in [0, 0.05) is 19.0 Å². The smallest absolute Gasteiger partial charge is 0.183 e. The average molecular weight is 209 g/mol. The Morgan fingerprint density at radius 2 is 1.86 bits per heavy atom. The van der Waals surface area contributed by atoms with Crippen LogP contribution in [0.15, 0.2) is 24.5 Å². The summed E-state index contributed by atoms with van der Waals surface area (Å²) < 4.78 is 5.77. The normalized spacial score (nSPS) is 11.6. The summed E-state index contributed by atoms with van der Waals surface area (Å²) in [5.74, 6) is 0. The molecular formula is C11H19NOSi. The molecule has 0 aliphatic rings. The van der Waals surface area contributed by atoms with Crippen LogP contribution in [-0.2, 0) is 10.8 Å². The highest BCUT2D eigenvalue weighted by atomic mass is 28.4. The third-order valence-electron chi connectivity index (χ3n) is 1.89. The molecule has 3 heteroatoms. The maximum absolute atomic E-state index is 5.77. The highest BCUT2D eigenvalue weighted by molar-refractivity contribution is 6.69. The van der Waals surface area contributed by atoms with Crippen molar-refractivity contribution in [2.24, 2.45) is 0 Å². The zero-order valence-electron chi connectivity index (χ0n) is 9.29. The van der Waals surface area contributed by atoms with Crippen LogP contribution >= 0.6 is 0 Å². The van der Waals surface area contributed by atoms with E-state index in [1.165, 1.54) is 5.56 Å². The van der Waals surface area contributed by atoms with Crippen LogP contribution in [0, 0.1) is 0 Å². The molecule has 0 N–H and O–H groups in total. The number of nitrogens with zero attached hydrogens (tertiary/aromatic N) is 1. The largest absolute Gasteiger partial charge is 0.418 e. The second-order valence-electron chi connectivity index (χ2n) is 4.42. The summed E-state index contributed by atoms with van der Waals surface area (Å²) in [6.45, 7) is 7.55. The first kappa shape index (κ1) is 11.4. The highest BCUT2D eigenvalue weighted by Crippen LogP contribution is 2.05. The summed E-state index contributed by atoms with van der Waals surface area (Å²) in [7, 11) is -1.31. The van der Waals surface area contributed by atoms with Crippen molar-refractivity contribution in [1.82, 2.24) is 4.98 Å². The zero-order chi connectivity index (χ0) is 10.4. The predicted octanol–water partition coefficient (Wildman–Crippen LogP) is 2.87. The van der Waals surface area contributed by atoms with Crippen molar-refractivity contribution in [3.63, 3.8) is 0 Å². The van der Waals surface area contributed by atoms with Crippen molar-refractivity contribution in [3.05, 3.63) is 30.1 Å². The number of aromatic nitrogens is 1. The second kappa shape index (κ2) is 5.27. The van der Waals surface area contributed by atoms with Crippen LogP contribution in [0.25, 0.3) is 0 Å². The van der Waals surface area contributed by atoms with Gasteiger partial charge in [0.1, 0.15) is 0 Å². The Labute approximate surface area is 87.5 Å². The van der Waals surface area contributed by atoms with E-state index in [0.717, 1.165) is 19.4 Å². The lowest BCUT2D eigenvalue weighted by atomic mass is 10.1. The van der Waals surface area contributed by atoms with Crippen molar-refractivity contribution < 1.29 is 4.43 Å². The number of rotatable bonds is 5. The quantitative estimate of drug-likeness (QED) is 0.549. The van der Waals surface area contributed by atoms with E-state index < -0.39 is 8.32 Å². The van der Waals surface area contributed by atoms with Gasteiger partial charge >= 0.3 is 0 Å². The van der Waals surface area contributed by atoms with Gasteiger partial charge in [-0.15, -0.1) is 0 Å². The van der Waals surface area contributed by atoms with Gasteiger partial charge < -0.3 is 4.43 Å². The van der Waals surface area contributed by atoms with Crippen LogP contribution < -0.4 is 0 Å². The van der Waals surface area contributed by atoms with Gasteiger partial charge in [-0.1, -0.05) is 0 Å². The SMILES string of the molecule is C[Si](C)(C)OCCCc1ccncc1. The van der Waals surface area contributed by atoms with E-state index in [2.05, 4.69) is 36.8 Å². The van der Waals surface area contributed by atoms with Crippen LogP contribution in [0.2, 0.25) is 19.6 Å². The van der Waals surface area contributed by atoms with Gasteiger partial charge in [0.2, 0.25) is 0 Å². The molecule has 0 aliphatic carbocycles. The molecule has 0 unspecified atom stereocenters.